The van der Waals surface area contributed by atoms with E-state index < -0.39 is 0 Å². The number of aromatic nitrogens is 4. The first-order chi connectivity index (χ1) is 39.3. The van der Waals surface area contributed by atoms with Crippen LogP contribution in [0.3, 0.4) is 0 Å². The van der Waals surface area contributed by atoms with Gasteiger partial charge in [-0.25, -0.2) is 0 Å². The van der Waals surface area contributed by atoms with Crippen LogP contribution in [-0.4, -0.2) is 18.3 Å². The quantitative estimate of drug-likeness (QED) is 0.175. The van der Waals surface area contributed by atoms with Crippen LogP contribution in [0.1, 0.15) is 33.4 Å². The van der Waals surface area contributed by atoms with E-state index in [0.29, 0.717) is 33.9 Å². The van der Waals surface area contributed by atoms with Gasteiger partial charge in [0, 0.05) is 64.6 Å². The molecule has 11 aromatic carbocycles. The number of aryl methyl sites for hydroxylation is 4. The van der Waals surface area contributed by atoms with Crippen molar-refractivity contribution in [1.29, 1.82) is 10.5 Å². The predicted octanol–water partition coefficient (Wildman–Crippen LogP) is 18.9. The lowest BCUT2D eigenvalue weighted by Crippen LogP contribution is -2.17. The lowest BCUT2D eigenvalue weighted by Gasteiger charge is -2.27. The van der Waals surface area contributed by atoms with Crippen LogP contribution in [0.4, 0.5) is 0 Å². The Morgan fingerprint density at radius 3 is 0.963 bits per heavy atom. The van der Waals surface area contributed by atoms with E-state index in [2.05, 4.69) is 216 Å². The second kappa shape index (κ2) is 15.9. The van der Waals surface area contributed by atoms with Crippen molar-refractivity contribution < 1.29 is 8.83 Å². The highest BCUT2D eigenvalue weighted by Gasteiger charge is 2.36. The highest BCUT2D eigenvalue weighted by atomic mass is 16.3. The minimum atomic E-state index is 0.210. The molecule has 0 amide bonds. The molecule has 0 aliphatic heterocycles. The van der Waals surface area contributed by atoms with Crippen molar-refractivity contribution >= 4 is 131 Å². The molecule has 0 atom stereocenters. The molecule has 0 spiro atoms. The maximum Gasteiger partial charge on any atom is 0.160 e. The van der Waals surface area contributed by atoms with Crippen molar-refractivity contribution in [3.63, 3.8) is 0 Å². The van der Waals surface area contributed by atoms with Crippen molar-refractivity contribution in [2.24, 2.45) is 0 Å². The molecule has 17 aromatic rings. The van der Waals surface area contributed by atoms with E-state index in [9.17, 15) is 10.5 Å². The first-order valence-electron chi connectivity index (χ1n) is 27.0. The van der Waals surface area contributed by atoms with Gasteiger partial charge in [0.05, 0.1) is 78.0 Å². The summed E-state index contributed by atoms with van der Waals surface area (Å²) in [5.41, 5.74) is 17.4. The molecule has 0 bridgehead atoms. The molecule has 0 N–H and O–H groups in total. The number of hydrogen-bond acceptors (Lipinski definition) is 4. The highest BCUT2D eigenvalue weighted by Crippen LogP contribution is 2.51. The molecule has 0 aliphatic rings. The SMILES string of the molecule is Cc1ccc2c(c1)c1cc(C)ccc1n2-c1c(-n2c3ccc(C)cc3c3cc(C)ccc32)c(-n2c3ccccc3c3ccc4c5ccccc5oc4c32)c(C#N)c(C#N)c1-n1c2ccccc2c2ccc3c4ccccc4oc3c21. The zero-order chi connectivity index (χ0) is 53.4. The summed E-state index contributed by atoms with van der Waals surface area (Å²) in [6.45, 7) is 8.57. The van der Waals surface area contributed by atoms with E-state index in [1.165, 1.54) is 0 Å². The van der Waals surface area contributed by atoms with Crippen LogP contribution >= 0.6 is 0 Å². The Bertz CT molecular complexity index is 5280. The molecule has 6 aromatic heterocycles. The molecule has 6 heterocycles. The Morgan fingerprint density at radius 2 is 0.600 bits per heavy atom. The van der Waals surface area contributed by atoms with Crippen LogP contribution < -0.4 is 0 Å². The number of furan rings is 2. The number of fused-ring (bicyclic) bond motifs is 20. The third-order valence-electron chi connectivity index (χ3n) is 17.0. The summed E-state index contributed by atoms with van der Waals surface area (Å²) >= 11 is 0. The number of nitrogens with zero attached hydrogens (tertiary/aromatic N) is 6. The predicted molar refractivity (Wildman–Crippen MR) is 327 cm³/mol. The summed E-state index contributed by atoms with van der Waals surface area (Å²) < 4.78 is 23.4. The van der Waals surface area contributed by atoms with E-state index in [-0.39, 0.29) is 11.1 Å². The third-order valence-corrected chi connectivity index (χ3v) is 17.0. The van der Waals surface area contributed by atoms with E-state index in [4.69, 9.17) is 8.83 Å². The van der Waals surface area contributed by atoms with E-state index in [1.807, 2.05) is 36.4 Å². The van der Waals surface area contributed by atoms with Crippen LogP contribution in [0.5, 0.6) is 0 Å². The fourth-order valence-electron chi connectivity index (χ4n) is 13.7. The van der Waals surface area contributed by atoms with Gasteiger partial charge < -0.3 is 27.1 Å². The number of hydrogen-bond donors (Lipinski definition) is 0. The number of benzene rings is 11. The topological polar surface area (TPSA) is 93.6 Å². The van der Waals surface area contributed by atoms with Gasteiger partial charge in [-0.15, -0.1) is 0 Å². The minimum Gasteiger partial charge on any atom is -0.454 e. The molecule has 80 heavy (non-hydrogen) atoms. The van der Waals surface area contributed by atoms with Crippen molar-refractivity contribution in [2.45, 2.75) is 27.7 Å². The van der Waals surface area contributed by atoms with Crippen molar-refractivity contribution in [1.82, 2.24) is 18.3 Å². The Labute approximate surface area is 456 Å². The van der Waals surface area contributed by atoms with Crippen molar-refractivity contribution in [3.8, 4) is 34.9 Å². The van der Waals surface area contributed by atoms with Gasteiger partial charge in [-0.3, -0.25) is 0 Å². The summed E-state index contributed by atoms with van der Waals surface area (Å²) in [5.74, 6) is 0. The standard InChI is InChI=1S/C72H44N6O2/c1-39-21-29-59-51(33-39)52-34-40(2)22-30-60(52)75(59)69-65(77-57-17-9-5-13-43(57)47-25-27-49-45-15-7-11-19-63(45)79-71(49)67(47)77)55(37-73)56(38-74)66(70(69)76-61-31-23-41(3)35-53(61)54-36-42(4)24-32-62(54)76)78-58-18-10-6-14-44(58)48-26-28-50-46-16-8-12-20-64(46)80-72(50)68(48)78/h5-36H,1-4H3. The number of nitriles is 2. The minimum absolute atomic E-state index is 0.210. The van der Waals surface area contributed by atoms with Crippen molar-refractivity contribution in [3.05, 3.63) is 228 Å². The van der Waals surface area contributed by atoms with Gasteiger partial charge in [-0.1, -0.05) is 131 Å². The monoisotopic (exact) mass is 1020 g/mol. The zero-order valence-electron chi connectivity index (χ0n) is 44.0. The number of para-hydroxylation sites is 4. The largest absolute Gasteiger partial charge is 0.454 e. The van der Waals surface area contributed by atoms with Crippen LogP contribution in [0.15, 0.2) is 203 Å². The summed E-state index contributed by atoms with van der Waals surface area (Å²) in [6.07, 6.45) is 0. The Balaban J connectivity index is 1.23. The van der Waals surface area contributed by atoms with Crippen LogP contribution in [0.2, 0.25) is 0 Å². The second-order valence-corrected chi connectivity index (χ2v) is 21.7. The van der Waals surface area contributed by atoms with Gasteiger partial charge in [0.15, 0.2) is 11.2 Å². The van der Waals surface area contributed by atoms with Crippen LogP contribution in [-0.2, 0) is 0 Å². The first-order valence-corrected chi connectivity index (χ1v) is 27.0. The molecular formula is C72H44N6O2. The van der Waals surface area contributed by atoms with Gasteiger partial charge >= 0.3 is 0 Å². The Kier molecular flexibility index (Phi) is 8.81. The average Bonchev–Trinajstić information content (AvgIpc) is 4.46. The molecule has 0 radical (unpaired) electrons. The van der Waals surface area contributed by atoms with Gasteiger partial charge in [0.25, 0.3) is 0 Å². The normalized spacial score (nSPS) is 12.2. The average molecular weight is 1030 g/mol. The van der Waals surface area contributed by atoms with Crippen LogP contribution in [0, 0.1) is 50.4 Å². The summed E-state index contributed by atoms with van der Waals surface area (Å²) in [4.78, 5) is 0. The van der Waals surface area contributed by atoms with E-state index >= 15 is 0 Å². The van der Waals surface area contributed by atoms with Crippen LogP contribution in [0.25, 0.3) is 154 Å². The van der Waals surface area contributed by atoms with Gasteiger partial charge in [-0.05, 0) is 113 Å². The molecule has 17 rings (SSSR count). The smallest absolute Gasteiger partial charge is 0.160 e. The molecule has 374 valence electrons. The number of rotatable bonds is 4. The fraction of sp³-hybridized carbons (Fsp3) is 0.0556. The molecule has 0 fully saturated rings. The lowest BCUT2D eigenvalue weighted by atomic mass is 9.98. The van der Waals surface area contributed by atoms with E-state index in [1.54, 1.807) is 0 Å². The molecule has 0 aliphatic carbocycles. The molecule has 0 unspecified atom stereocenters. The molecule has 8 heteroatoms. The Hall–Kier alpha value is -10.8. The lowest BCUT2D eigenvalue weighted by molar-refractivity contribution is 0.670. The van der Waals surface area contributed by atoms with Gasteiger partial charge in [0.1, 0.15) is 23.3 Å². The summed E-state index contributed by atoms with van der Waals surface area (Å²) in [7, 11) is 0. The fourth-order valence-corrected chi connectivity index (χ4v) is 13.7. The van der Waals surface area contributed by atoms with E-state index in [0.717, 1.165) is 142 Å². The zero-order valence-corrected chi connectivity index (χ0v) is 44.0. The van der Waals surface area contributed by atoms with Crippen molar-refractivity contribution in [2.75, 3.05) is 0 Å². The summed E-state index contributed by atoms with van der Waals surface area (Å²) in [5, 5.41) is 37.2. The highest BCUT2D eigenvalue weighted by molar-refractivity contribution is 6.24. The first kappa shape index (κ1) is 44.3. The summed E-state index contributed by atoms with van der Waals surface area (Å²) in [6, 6.07) is 74.1. The molecular weight excluding hydrogens is 981 g/mol. The third kappa shape index (κ3) is 5.71. The molecule has 0 saturated carbocycles. The van der Waals surface area contributed by atoms with Gasteiger partial charge in [-0.2, -0.15) is 10.5 Å². The van der Waals surface area contributed by atoms with Gasteiger partial charge in [0.2, 0.25) is 0 Å². The maximum atomic E-state index is 12.6. The molecule has 0 saturated heterocycles. The molecule has 8 nitrogen and oxygen atoms in total. The maximum absolute atomic E-state index is 12.6. The Morgan fingerprint density at radius 1 is 0.287 bits per heavy atom. The second-order valence-electron chi connectivity index (χ2n) is 21.7.